The van der Waals surface area contributed by atoms with Crippen molar-refractivity contribution in [3.8, 4) is 17.4 Å². The number of alkyl halides is 3. The molecule has 2 aromatic rings. The summed E-state index contributed by atoms with van der Waals surface area (Å²) in [6.45, 7) is 5.00. The highest BCUT2D eigenvalue weighted by Crippen LogP contribution is 2.39. The molecule has 0 aliphatic heterocycles. The van der Waals surface area contributed by atoms with Crippen LogP contribution in [0.3, 0.4) is 0 Å². The molecular weight excluding hydrogens is 453 g/mol. The Hall–Kier alpha value is -2.00. The molecule has 0 unspecified atom stereocenters. The number of benzene rings is 1. The number of amides is 1. The van der Waals surface area contributed by atoms with Gasteiger partial charge in [-0.25, -0.2) is 9.78 Å². The van der Waals surface area contributed by atoms with E-state index in [1.165, 1.54) is 6.07 Å². The minimum Gasteiger partial charge on any atom is -0.438 e. The molecule has 0 saturated carbocycles. The molecule has 0 aliphatic rings. The van der Waals surface area contributed by atoms with Crippen LogP contribution >= 0.6 is 27.5 Å². The van der Waals surface area contributed by atoms with Crippen LogP contribution in [-0.2, 0) is 6.18 Å². The van der Waals surface area contributed by atoms with Gasteiger partial charge in [-0.15, -0.1) is 0 Å². The fourth-order valence-electron chi connectivity index (χ4n) is 1.90. The van der Waals surface area contributed by atoms with Gasteiger partial charge in [-0.3, -0.25) is 0 Å². The molecule has 0 atom stereocenters. The molecule has 1 aromatic carbocycles. The number of carbonyl (C=O) groups excluding carboxylic acids is 1. The zero-order valence-electron chi connectivity index (χ0n) is 14.4. The van der Waals surface area contributed by atoms with Crippen LogP contribution in [0, 0.1) is 0 Å². The number of hydrogen-bond acceptors (Lipinski definition) is 4. The Bertz CT molecular complexity index is 854. The van der Waals surface area contributed by atoms with Crippen LogP contribution in [0.2, 0.25) is 5.15 Å². The normalized spacial score (nSPS) is 11.9. The molecule has 1 heterocycles. The summed E-state index contributed by atoms with van der Waals surface area (Å²) in [7, 11) is 0. The Balaban J connectivity index is 2.36. The van der Waals surface area contributed by atoms with E-state index in [0.717, 1.165) is 18.2 Å². The Kier molecular flexibility index (Phi) is 6.26. The highest BCUT2D eigenvalue weighted by atomic mass is 79.9. The van der Waals surface area contributed by atoms with Crippen LogP contribution in [0.4, 0.5) is 18.0 Å². The maximum Gasteiger partial charge on any atom is 0.419 e. The second-order valence-corrected chi connectivity index (χ2v) is 7.68. The monoisotopic (exact) mass is 466 g/mol. The number of aromatic nitrogens is 1. The molecule has 0 fully saturated rings. The summed E-state index contributed by atoms with van der Waals surface area (Å²) in [4.78, 5) is 15.8. The van der Waals surface area contributed by atoms with E-state index in [9.17, 15) is 18.0 Å². The van der Waals surface area contributed by atoms with Gasteiger partial charge in [-0.05, 0) is 61.0 Å². The second-order valence-electron chi connectivity index (χ2n) is 6.44. The summed E-state index contributed by atoms with van der Waals surface area (Å²) in [5.74, 6) is -0.663. The van der Waals surface area contributed by atoms with Crippen LogP contribution in [0.5, 0.6) is 17.4 Å². The van der Waals surface area contributed by atoms with Crippen LogP contribution < -0.4 is 14.8 Å². The molecule has 0 aliphatic carbocycles. The standard InChI is InChI=1S/C17H15BrClF3N2O3/c1-16(2,3)24-15(25)27-12-8-9(4-5-10(12)17(20,21)22)26-14-11(18)6-7-13(19)23-14/h4-8H,1-3H3,(H,24,25). The number of rotatable bonds is 3. The van der Waals surface area contributed by atoms with Crippen molar-refractivity contribution >= 4 is 33.6 Å². The van der Waals surface area contributed by atoms with E-state index in [1.54, 1.807) is 26.8 Å². The fraction of sp³-hybridized carbons (Fsp3) is 0.294. The third-order valence-corrected chi connectivity index (χ3v) is 3.75. The van der Waals surface area contributed by atoms with Gasteiger partial charge in [0.2, 0.25) is 5.88 Å². The Morgan fingerprint density at radius 2 is 1.85 bits per heavy atom. The van der Waals surface area contributed by atoms with Gasteiger partial charge in [0.15, 0.2) is 0 Å². The molecule has 0 spiro atoms. The van der Waals surface area contributed by atoms with Gasteiger partial charge < -0.3 is 14.8 Å². The molecule has 0 radical (unpaired) electrons. The van der Waals surface area contributed by atoms with E-state index < -0.39 is 29.1 Å². The van der Waals surface area contributed by atoms with Gasteiger partial charge in [0.25, 0.3) is 0 Å². The number of ether oxygens (including phenoxy) is 2. The van der Waals surface area contributed by atoms with E-state index in [4.69, 9.17) is 21.1 Å². The van der Waals surface area contributed by atoms with E-state index in [1.807, 2.05) is 0 Å². The molecule has 27 heavy (non-hydrogen) atoms. The lowest BCUT2D eigenvalue weighted by atomic mass is 10.1. The third kappa shape index (κ3) is 6.28. The van der Waals surface area contributed by atoms with E-state index in [-0.39, 0.29) is 16.8 Å². The van der Waals surface area contributed by atoms with Crippen molar-refractivity contribution in [1.82, 2.24) is 10.3 Å². The average molecular weight is 468 g/mol. The highest BCUT2D eigenvalue weighted by molar-refractivity contribution is 9.10. The van der Waals surface area contributed by atoms with Crippen molar-refractivity contribution in [3.63, 3.8) is 0 Å². The van der Waals surface area contributed by atoms with Crippen LogP contribution in [-0.4, -0.2) is 16.6 Å². The zero-order chi connectivity index (χ0) is 20.4. The first-order valence-corrected chi connectivity index (χ1v) is 8.73. The number of halogens is 5. The molecule has 1 amide bonds. The molecule has 2 rings (SSSR count). The number of carbonyl (C=O) groups is 1. The highest BCUT2D eigenvalue weighted by Gasteiger charge is 2.35. The molecular formula is C17H15BrClF3N2O3. The molecule has 1 aromatic heterocycles. The topological polar surface area (TPSA) is 60.5 Å². The van der Waals surface area contributed by atoms with Crippen molar-refractivity contribution in [2.45, 2.75) is 32.5 Å². The average Bonchev–Trinajstić information content (AvgIpc) is 2.48. The fourth-order valence-corrected chi connectivity index (χ4v) is 2.34. The molecule has 0 saturated heterocycles. The molecule has 0 bridgehead atoms. The number of nitrogens with one attached hydrogen (secondary N) is 1. The Morgan fingerprint density at radius 3 is 2.44 bits per heavy atom. The largest absolute Gasteiger partial charge is 0.438 e. The van der Waals surface area contributed by atoms with Crippen LogP contribution in [0.25, 0.3) is 0 Å². The predicted octanol–water partition coefficient (Wildman–Crippen LogP) is 6.20. The minimum absolute atomic E-state index is 0.0166. The van der Waals surface area contributed by atoms with Crippen molar-refractivity contribution in [2.24, 2.45) is 0 Å². The quantitative estimate of drug-likeness (QED) is 0.546. The number of hydrogen-bond donors (Lipinski definition) is 1. The van der Waals surface area contributed by atoms with E-state index >= 15 is 0 Å². The third-order valence-electron chi connectivity index (χ3n) is 2.93. The number of nitrogens with zero attached hydrogens (tertiary/aromatic N) is 1. The number of pyridine rings is 1. The smallest absolute Gasteiger partial charge is 0.419 e. The minimum atomic E-state index is -4.72. The van der Waals surface area contributed by atoms with Crippen LogP contribution in [0.15, 0.2) is 34.8 Å². The summed E-state index contributed by atoms with van der Waals surface area (Å²) >= 11 is 9.00. The van der Waals surface area contributed by atoms with Gasteiger partial charge in [0.1, 0.15) is 16.7 Å². The summed E-state index contributed by atoms with van der Waals surface area (Å²) < 4.78 is 50.4. The summed E-state index contributed by atoms with van der Waals surface area (Å²) in [5, 5.41) is 2.57. The first-order chi connectivity index (χ1) is 12.3. The Morgan fingerprint density at radius 1 is 1.19 bits per heavy atom. The van der Waals surface area contributed by atoms with Gasteiger partial charge in [0, 0.05) is 11.6 Å². The SMILES string of the molecule is CC(C)(C)NC(=O)Oc1cc(Oc2nc(Cl)ccc2Br)ccc1C(F)(F)F. The van der Waals surface area contributed by atoms with E-state index in [0.29, 0.717) is 4.47 Å². The second kappa shape index (κ2) is 7.93. The van der Waals surface area contributed by atoms with E-state index in [2.05, 4.69) is 26.2 Å². The predicted molar refractivity (Wildman–Crippen MR) is 97.4 cm³/mol. The van der Waals surface area contributed by atoms with Gasteiger partial charge >= 0.3 is 12.3 Å². The van der Waals surface area contributed by atoms with Crippen molar-refractivity contribution in [1.29, 1.82) is 0 Å². The van der Waals surface area contributed by atoms with Crippen molar-refractivity contribution < 1.29 is 27.4 Å². The van der Waals surface area contributed by atoms with Gasteiger partial charge in [-0.2, -0.15) is 13.2 Å². The maximum atomic E-state index is 13.2. The van der Waals surface area contributed by atoms with Crippen molar-refractivity contribution in [2.75, 3.05) is 0 Å². The van der Waals surface area contributed by atoms with Gasteiger partial charge in [-0.1, -0.05) is 11.6 Å². The molecule has 1 N–H and O–H groups in total. The van der Waals surface area contributed by atoms with Crippen LogP contribution in [0.1, 0.15) is 26.3 Å². The molecule has 146 valence electrons. The molecule has 10 heteroatoms. The van der Waals surface area contributed by atoms with Crippen molar-refractivity contribution in [3.05, 3.63) is 45.5 Å². The lowest BCUT2D eigenvalue weighted by molar-refractivity contribution is -0.138. The molecule has 5 nitrogen and oxygen atoms in total. The lowest BCUT2D eigenvalue weighted by Crippen LogP contribution is -2.42. The lowest BCUT2D eigenvalue weighted by Gasteiger charge is -2.21. The summed E-state index contributed by atoms with van der Waals surface area (Å²) in [5.41, 5.74) is -1.80. The first-order valence-electron chi connectivity index (χ1n) is 7.56. The zero-order valence-corrected chi connectivity index (χ0v) is 16.8. The maximum absolute atomic E-state index is 13.2. The summed E-state index contributed by atoms with van der Waals surface area (Å²) in [6.07, 6.45) is -5.74. The Labute approximate surface area is 167 Å². The summed E-state index contributed by atoms with van der Waals surface area (Å²) in [6, 6.07) is 5.89. The first kappa shape index (κ1) is 21.3. The van der Waals surface area contributed by atoms with Gasteiger partial charge in [0.05, 0.1) is 10.0 Å².